The molecule has 1 aromatic carbocycles. The highest BCUT2D eigenvalue weighted by atomic mass is 32.1. The van der Waals surface area contributed by atoms with E-state index in [1.807, 2.05) is 16.8 Å². The molecule has 1 unspecified atom stereocenters. The summed E-state index contributed by atoms with van der Waals surface area (Å²) in [4.78, 5) is 35.6. The first-order chi connectivity index (χ1) is 11.1. The first kappa shape index (κ1) is 16.7. The van der Waals surface area contributed by atoms with Crippen molar-refractivity contribution < 1.29 is 19.1 Å². The Morgan fingerprint density at radius 1 is 1.17 bits per heavy atom. The highest BCUT2D eigenvalue weighted by Crippen LogP contribution is 2.19. The summed E-state index contributed by atoms with van der Waals surface area (Å²) in [6.45, 7) is 0. The summed E-state index contributed by atoms with van der Waals surface area (Å²) in [5.41, 5.74) is 1.31. The van der Waals surface area contributed by atoms with E-state index in [9.17, 15) is 14.4 Å². The molecule has 1 heterocycles. The van der Waals surface area contributed by atoms with Crippen LogP contribution in [-0.4, -0.2) is 25.0 Å². The van der Waals surface area contributed by atoms with E-state index >= 15 is 0 Å². The van der Waals surface area contributed by atoms with Crippen molar-refractivity contribution in [2.75, 3.05) is 7.05 Å². The lowest BCUT2D eigenvalue weighted by atomic mass is 10.1. The lowest BCUT2D eigenvalue weighted by molar-refractivity contribution is -0.155. The summed E-state index contributed by atoms with van der Waals surface area (Å²) in [6, 6.07) is 9.70. The lowest BCUT2D eigenvalue weighted by Gasteiger charge is -2.17. The molecule has 1 aromatic heterocycles. The Hall–Kier alpha value is -2.67. The molecule has 6 nitrogen and oxygen atoms in total. The molecule has 0 radical (unpaired) electrons. The summed E-state index contributed by atoms with van der Waals surface area (Å²) >= 11 is 1.47. The van der Waals surface area contributed by atoms with Crippen LogP contribution in [0.25, 0.3) is 0 Å². The molecule has 0 bridgehead atoms. The summed E-state index contributed by atoms with van der Waals surface area (Å²) in [7, 11) is 1.39. The number of rotatable bonds is 5. The largest absolute Gasteiger partial charge is 0.447 e. The first-order valence-electron chi connectivity index (χ1n) is 6.88. The molecular weight excluding hydrogens is 316 g/mol. The number of carbonyl (C=O) groups is 3. The second-order valence-electron chi connectivity index (χ2n) is 4.66. The molecule has 0 aliphatic carbocycles. The van der Waals surface area contributed by atoms with Crippen LogP contribution in [0.1, 0.15) is 17.2 Å². The molecular formula is C16H16N2O4S. The number of ether oxygens (including phenoxy) is 1. The normalized spacial score (nSPS) is 11.3. The van der Waals surface area contributed by atoms with Crippen molar-refractivity contribution in [3.05, 3.63) is 58.3 Å². The van der Waals surface area contributed by atoms with Crippen molar-refractivity contribution in [2.45, 2.75) is 12.5 Å². The van der Waals surface area contributed by atoms with E-state index in [0.717, 1.165) is 5.56 Å². The molecule has 0 fully saturated rings. The third kappa shape index (κ3) is 4.93. The molecule has 3 amide bonds. The number of thiophene rings is 1. The van der Waals surface area contributed by atoms with Crippen LogP contribution in [0, 0.1) is 0 Å². The second-order valence-corrected chi connectivity index (χ2v) is 5.44. The standard InChI is InChI=1S/C16H16N2O4S/c1-17-16(21)18-15(20)14(12-5-3-2-4-6-12)22-13(19)9-11-7-8-23-10-11/h2-8,10,14H,9H2,1H3,(H2,17,18,20,21). The lowest BCUT2D eigenvalue weighted by Crippen LogP contribution is -2.41. The summed E-state index contributed by atoms with van der Waals surface area (Å²) < 4.78 is 5.29. The molecule has 2 rings (SSSR count). The SMILES string of the molecule is CNC(=O)NC(=O)C(OC(=O)Cc1ccsc1)c1ccccc1. The van der Waals surface area contributed by atoms with Gasteiger partial charge in [-0.1, -0.05) is 30.3 Å². The van der Waals surface area contributed by atoms with Gasteiger partial charge in [0.15, 0.2) is 0 Å². The number of benzene rings is 1. The molecule has 7 heteroatoms. The predicted molar refractivity (Wildman–Crippen MR) is 85.9 cm³/mol. The number of esters is 1. The van der Waals surface area contributed by atoms with E-state index in [1.54, 1.807) is 30.3 Å². The van der Waals surface area contributed by atoms with Crippen LogP contribution >= 0.6 is 11.3 Å². The quantitative estimate of drug-likeness (QED) is 0.821. The number of urea groups is 1. The molecule has 1 atom stereocenters. The van der Waals surface area contributed by atoms with Crippen LogP contribution in [-0.2, 0) is 20.7 Å². The number of hydrogen-bond acceptors (Lipinski definition) is 5. The zero-order valence-electron chi connectivity index (χ0n) is 12.4. The first-order valence-corrected chi connectivity index (χ1v) is 7.82. The highest BCUT2D eigenvalue weighted by Gasteiger charge is 2.26. The third-order valence-electron chi connectivity index (χ3n) is 2.98. The fourth-order valence-electron chi connectivity index (χ4n) is 1.87. The number of amides is 3. The van der Waals surface area contributed by atoms with E-state index in [2.05, 4.69) is 10.6 Å². The van der Waals surface area contributed by atoms with E-state index < -0.39 is 24.0 Å². The van der Waals surface area contributed by atoms with Gasteiger partial charge in [-0.05, 0) is 22.4 Å². The maximum Gasteiger partial charge on any atom is 0.321 e. The smallest absolute Gasteiger partial charge is 0.321 e. The zero-order chi connectivity index (χ0) is 16.7. The van der Waals surface area contributed by atoms with Gasteiger partial charge in [0.1, 0.15) is 0 Å². The molecule has 120 valence electrons. The average molecular weight is 332 g/mol. The zero-order valence-corrected chi connectivity index (χ0v) is 13.3. The Balaban J connectivity index is 2.11. The van der Waals surface area contributed by atoms with Gasteiger partial charge in [-0.3, -0.25) is 14.9 Å². The van der Waals surface area contributed by atoms with Crippen molar-refractivity contribution in [2.24, 2.45) is 0 Å². The second kappa shape index (κ2) is 8.09. The molecule has 0 spiro atoms. The number of imide groups is 1. The Labute approximate surface area is 137 Å². The fourth-order valence-corrected chi connectivity index (χ4v) is 2.54. The molecule has 0 saturated heterocycles. The maximum absolute atomic E-state index is 12.2. The fraction of sp³-hybridized carbons (Fsp3) is 0.188. The van der Waals surface area contributed by atoms with Gasteiger partial charge in [-0.25, -0.2) is 4.79 Å². The van der Waals surface area contributed by atoms with Crippen LogP contribution in [0.15, 0.2) is 47.2 Å². The highest BCUT2D eigenvalue weighted by molar-refractivity contribution is 7.07. The Bertz CT molecular complexity index is 671. The summed E-state index contributed by atoms with van der Waals surface area (Å²) in [5.74, 6) is -1.24. The van der Waals surface area contributed by atoms with E-state index in [4.69, 9.17) is 4.74 Å². The van der Waals surface area contributed by atoms with Crippen LogP contribution in [0.4, 0.5) is 4.79 Å². The van der Waals surface area contributed by atoms with Crippen molar-refractivity contribution >= 4 is 29.2 Å². The maximum atomic E-state index is 12.2. The molecule has 2 aromatic rings. The van der Waals surface area contributed by atoms with Crippen molar-refractivity contribution in [1.29, 1.82) is 0 Å². The number of carbonyl (C=O) groups excluding carboxylic acids is 3. The van der Waals surface area contributed by atoms with Crippen LogP contribution < -0.4 is 10.6 Å². The van der Waals surface area contributed by atoms with Gasteiger partial charge >= 0.3 is 12.0 Å². The Morgan fingerprint density at radius 2 is 1.91 bits per heavy atom. The minimum atomic E-state index is -1.18. The Kier molecular flexibility index (Phi) is 5.87. The average Bonchev–Trinajstić information content (AvgIpc) is 3.06. The molecule has 0 aliphatic heterocycles. The monoisotopic (exact) mass is 332 g/mol. The molecule has 23 heavy (non-hydrogen) atoms. The summed E-state index contributed by atoms with van der Waals surface area (Å²) in [5, 5.41) is 8.10. The minimum Gasteiger partial charge on any atom is -0.447 e. The molecule has 0 saturated carbocycles. The van der Waals surface area contributed by atoms with E-state index in [0.29, 0.717) is 5.56 Å². The van der Waals surface area contributed by atoms with Crippen LogP contribution in [0.5, 0.6) is 0 Å². The number of nitrogens with one attached hydrogen (secondary N) is 2. The van der Waals surface area contributed by atoms with Crippen LogP contribution in [0.3, 0.4) is 0 Å². The van der Waals surface area contributed by atoms with Gasteiger partial charge in [0.2, 0.25) is 6.10 Å². The van der Waals surface area contributed by atoms with Gasteiger partial charge in [0.25, 0.3) is 5.91 Å². The topological polar surface area (TPSA) is 84.5 Å². The van der Waals surface area contributed by atoms with Crippen molar-refractivity contribution in [3.8, 4) is 0 Å². The van der Waals surface area contributed by atoms with E-state index in [-0.39, 0.29) is 6.42 Å². The van der Waals surface area contributed by atoms with E-state index in [1.165, 1.54) is 18.4 Å². The molecule has 2 N–H and O–H groups in total. The number of hydrogen-bond donors (Lipinski definition) is 2. The van der Waals surface area contributed by atoms with Gasteiger partial charge in [-0.15, -0.1) is 0 Å². The van der Waals surface area contributed by atoms with Gasteiger partial charge in [0, 0.05) is 12.6 Å². The van der Waals surface area contributed by atoms with Crippen molar-refractivity contribution in [1.82, 2.24) is 10.6 Å². The summed E-state index contributed by atoms with van der Waals surface area (Å²) in [6.07, 6.45) is -1.11. The predicted octanol–water partition coefficient (Wildman–Crippen LogP) is 2.03. The Morgan fingerprint density at radius 3 is 2.52 bits per heavy atom. The third-order valence-corrected chi connectivity index (χ3v) is 3.71. The van der Waals surface area contributed by atoms with Crippen LogP contribution in [0.2, 0.25) is 0 Å². The van der Waals surface area contributed by atoms with Gasteiger partial charge in [0.05, 0.1) is 6.42 Å². The molecule has 0 aliphatic rings. The van der Waals surface area contributed by atoms with Gasteiger partial charge in [-0.2, -0.15) is 11.3 Å². The van der Waals surface area contributed by atoms with Gasteiger partial charge < -0.3 is 10.1 Å². The minimum absolute atomic E-state index is 0.0695. The van der Waals surface area contributed by atoms with Crippen molar-refractivity contribution in [3.63, 3.8) is 0 Å².